The highest BCUT2D eigenvalue weighted by atomic mass is 19.4. The summed E-state index contributed by atoms with van der Waals surface area (Å²) in [5, 5.41) is 0. The Morgan fingerprint density at radius 1 is 0.622 bits per heavy atom. The van der Waals surface area contributed by atoms with Gasteiger partial charge in [0.2, 0.25) is 5.75 Å². The molecule has 0 fully saturated rings. The quantitative estimate of drug-likeness (QED) is 0.103. The average Bonchev–Trinajstić information content (AvgIpc) is 2.93. The van der Waals surface area contributed by atoms with Crippen molar-refractivity contribution < 1.29 is 53.4 Å². The van der Waals surface area contributed by atoms with Crippen LogP contribution in [0.1, 0.15) is 48.4 Å². The van der Waals surface area contributed by atoms with Gasteiger partial charge < -0.3 is 9.47 Å². The SMILES string of the molecule is CCCCCc1ccc(C#Cc2ccc(-c3cc(F)c(C(F)(F)Oc4cc(F)c(OC(F)(F)F)c(F)c4)c(F)c3)c(F)c2)cc1. The highest BCUT2D eigenvalue weighted by molar-refractivity contribution is 5.66. The maximum absolute atomic E-state index is 14.9. The number of halogens is 10. The second kappa shape index (κ2) is 13.5. The fourth-order valence-corrected chi connectivity index (χ4v) is 4.32. The van der Waals surface area contributed by atoms with Crippen molar-refractivity contribution in [2.45, 2.75) is 45.1 Å². The van der Waals surface area contributed by atoms with Gasteiger partial charge in [-0.25, -0.2) is 22.0 Å². The Bertz CT molecular complexity index is 1690. The number of rotatable bonds is 9. The summed E-state index contributed by atoms with van der Waals surface area (Å²) >= 11 is 0. The average molecular weight is 641 g/mol. The van der Waals surface area contributed by atoms with E-state index in [0.717, 1.165) is 43.4 Å². The van der Waals surface area contributed by atoms with Gasteiger partial charge >= 0.3 is 12.5 Å². The molecule has 236 valence electrons. The van der Waals surface area contributed by atoms with Gasteiger partial charge in [0.15, 0.2) is 11.6 Å². The van der Waals surface area contributed by atoms with E-state index in [0.29, 0.717) is 17.7 Å². The second-order valence-electron chi connectivity index (χ2n) is 9.80. The molecule has 0 saturated heterocycles. The fraction of sp³-hybridized carbons (Fsp3) is 0.212. The molecule has 4 aromatic rings. The number of aryl methyl sites for hydroxylation is 1. The van der Waals surface area contributed by atoms with E-state index >= 15 is 0 Å². The minimum atomic E-state index is -5.50. The van der Waals surface area contributed by atoms with Crippen molar-refractivity contribution in [2.24, 2.45) is 0 Å². The first-order valence-electron chi connectivity index (χ1n) is 13.4. The summed E-state index contributed by atoms with van der Waals surface area (Å²) in [7, 11) is 0. The number of benzene rings is 4. The number of alkyl halides is 5. The Labute approximate surface area is 251 Å². The third-order valence-electron chi connectivity index (χ3n) is 6.42. The third kappa shape index (κ3) is 8.50. The van der Waals surface area contributed by atoms with Crippen molar-refractivity contribution in [3.8, 4) is 34.5 Å². The lowest BCUT2D eigenvalue weighted by Gasteiger charge is -2.20. The van der Waals surface area contributed by atoms with Gasteiger partial charge in [-0.1, -0.05) is 49.8 Å². The Kier molecular flexibility index (Phi) is 10.0. The molecule has 0 N–H and O–H groups in total. The lowest BCUT2D eigenvalue weighted by molar-refractivity contribution is -0.276. The van der Waals surface area contributed by atoms with Crippen LogP contribution in [0.25, 0.3) is 11.1 Å². The normalized spacial score (nSPS) is 11.6. The highest BCUT2D eigenvalue weighted by Gasteiger charge is 2.42. The van der Waals surface area contributed by atoms with Gasteiger partial charge in [0.25, 0.3) is 0 Å². The largest absolute Gasteiger partial charge is 0.573 e. The number of unbranched alkanes of at least 4 members (excludes halogenated alkanes) is 2. The first-order chi connectivity index (χ1) is 21.2. The van der Waals surface area contributed by atoms with Crippen LogP contribution in [0, 0.1) is 40.9 Å². The summed E-state index contributed by atoms with van der Waals surface area (Å²) in [5.74, 6) is -6.62. The van der Waals surface area contributed by atoms with Gasteiger partial charge in [-0.2, -0.15) is 8.78 Å². The molecule has 0 unspecified atom stereocenters. The third-order valence-corrected chi connectivity index (χ3v) is 6.42. The minimum Gasteiger partial charge on any atom is -0.429 e. The van der Waals surface area contributed by atoms with Crippen LogP contribution in [0.4, 0.5) is 43.9 Å². The second-order valence-corrected chi connectivity index (χ2v) is 9.80. The van der Waals surface area contributed by atoms with Crippen molar-refractivity contribution in [3.05, 3.63) is 118 Å². The molecule has 0 bridgehead atoms. The van der Waals surface area contributed by atoms with Crippen molar-refractivity contribution in [1.82, 2.24) is 0 Å². The molecule has 0 aliphatic heterocycles. The topological polar surface area (TPSA) is 18.5 Å². The van der Waals surface area contributed by atoms with E-state index in [1.807, 2.05) is 24.3 Å². The standard InChI is InChI=1S/C33H22F10O2/c1-2-3-4-5-19-6-8-20(9-7-19)10-11-21-12-13-24(25(34)14-21)22-15-26(35)30(27(36)16-22)32(39,40)44-23-17-28(37)31(29(38)18-23)45-33(41,42)43/h6-9,12-18H,2-5H2,1H3. The van der Waals surface area contributed by atoms with Crippen LogP contribution in [0.3, 0.4) is 0 Å². The molecule has 2 nitrogen and oxygen atoms in total. The van der Waals surface area contributed by atoms with Gasteiger partial charge in [-0.05, 0) is 60.4 Å². The van der Waals surface area contributed by atoms with Crippen molar-refractivity contribution in [3.63, 3.8) is 0 Å². The lowest BCUT2D eigenvalue weighted by atomic mass is 10.00. The van der Waals surface area contributed by atoms with E-state index in [1.54, 1.807) is 0 Å². The van der Waals surface area contributed by atoms with Gasteiger partial charge in [0.05, 0.1) is 0 Å². The van der Waals surface area contributed by atoms with E-state index in [1.165, 1.54) is 6.07 Å². The maximum Gasteiger partial charge on any atom is 0.573 e. The molecule has 0 aliphatic carbocycles. The maximum atomic E-state index is 14.9. The molecule has 0 aromatic heterocycles. The molecule has 45 heavy (non-hydrogen) atoms. The van der Waals surface area contributed by atoms with Crippen LogP contribution in [-0.4, -0.2) is 6.36 Å². The van der Waals surface area contributed by atoms with Crippen LogP contribution in [0.15, 0.2) is 66.7 Å². The van der Waals surface area contributed by atoms with Crippen LogP contribution < -0.4 is 9.47 Å². The van der Waals surface area contributed by atoms with Crippen molar-refractivity contribution >= 4 is 0 Å². The van der Waals surface area contributed by atoms with Gasteiger partial charge in [0.1, 0.15) is 28.8 Å². The van der Waals surface area contributed by atoms with Crippen LogP contribution in [0.5, 0.6) is 11.5 Å². The Morgan fingerprint density at radius 3 is 1.76 bits per heavy atom. The van der Waals surface area contributed by atoms with Crippen LogP contribution in [0.2, 0.25) is 0 Å². The summed E-state index contributed by atoms with van der Waals surface area (Å²) < 4.78 is 146. The highest BCUT2D eigenvalue weighted by Crippen LogP contribution is 2.39. The number of hydrogen-bond donors (Lipinski definition) is 0. The minimum absolute atomic E-state index is 0.0915. The Morgan fingerprint density at radius 2 is 1.20 bits per heavy atom. The van der Waals surface area contributed by atoms with Crippen LogP contribution in [-0.2, 0) is 12.5 Å². The summed E-state index contributed by atoms with van der Waals surface area (Å²) in [4.78, 5) is 0. The molecular weight excluding hydrogens is 618 g/mol. The zero-order valence-corrected chi connectivity index (χ0v) is 23.3. The molecule has 12 heteroatoms. The van der Waals surface area contributed by atoms with Gasteiger partial charge in [-0.3, -0.25) is 0 Å². The zero-order valence-electron chi connectivity index (χ0n) is 23.3. The first-order valence-corrected chi connectivity index (χ1v) is 13.4. The summed E-state index contributed by atoms with van der Waals surface area (Å²) in [6, 6.07) is 11.7. The molecule has 4 aromatic carbocycles. The van der Waals surface area contributed by atoms with E-state index in [4.69, 9.17) is 0 Å². The van der Waals surface area contributed by atoms with Gasteiger partial charge in [0, 0.05) is 28.8 Å². The molecule has 0 aliphatic rings. The smallest absolute Gasteiger partial charge is 0.429 e. The van der Waals surface area contributed by atoms with Gasteiger partial charge in [-0.15, -0.1) is 13.2 Å². The molecule has 0 atom stereocenters. The zero-order chi connectivity index (χ0) is 32.9. The molecule has 0 amide bonds. The first kappa shape index (κ1) is 33.2. The fourth-order valence-electron chi connectivity index (χ4n) is 4.32. The Hall–Kier alpha value is -4.66. The molecule has 0 spiro atoms. The van der Waals surface area contributed by atoms with E-state index in [2.05, 4.69) is 28.2 Å². The molecule has 0 radical (unpaired) electrons. The predicted molar refractivity (Wildman–Crippen MR) is 145 cm³/mol. The molecule has 0 heterocycles. The van der Waals surface area contributed by atoms with E-state index < -0.39 is 64.2 Å². The summed E-state index contributed by atoms with van der Waals surface area (Å²) in [5.41, 5.74) is -0.747. The van der Waals surface area contributed by atoms with Crippen LogP contribution >= 0.6 is 0 Å². The van der Waals surface area contributed by atoms with Crippen molar-refractivity contribution in [1.29, 1.82) is 0 Å². The van der Waals surface area contributed by atoms with E-state index in [9.17, 15) is 43.9 Å². The molecule has 0 saturated carbocycles. The van der Waals surface area contributed by atoms with E-state index in [-0.39, 0.29) is 23.3 Å². The monoisotopic (exact) mass is 640 g/mol. The number of hydrogen-bond acceptors (Lipinski definition) is 2. The summed E-state index contributed by atoms with van der Waals surface area (Å²) in [6.45, 7) is 2.12. The Balaban J connectivity index is 1.53. The number of ether oxygens (including phenoxy) is 2. The lowest BCUT2D eigenvalue weighted by Crippen LogP contribution is -2.25. The summed E-state index contributed by atoms with van der Waals surface area (Å²) in [6.07, 6.45) is -6.16. The van der Waals surface area contributed by atoms with Crippen molar-refractivity contribution in [2.75, 3.05) is 0 Å². The molecule has 4 rings (SSSR count). The predicted octanol–water partition coefficient (Wildman–Crippen LogP) is 10.2. The molecular formula is C33H22F10O2.